The van der Waals surface area contributed by atoms with Gasteiger partial charge in [-0.25, -0.2) is 4.79 Å². The van der Waals surface area contributed by atoms with E-state index in [-0.39, 0.29) is 11.5 Å². The Balaban J connectivity index is 2.01. The number of halogens is 2. The molecule has 0 aliphatic heterocycles. The molecule has 32 heavy (non-hydrogen) atoms. The molecule has 3 rings (SSSR count). The Hall–Kier alpha value is -3.20. The summed E-state index contributed by atoms with van der Waals surface area (Å²) in [5.41, 5.74) is 2.88. The number of rotatable bonds is 8. The van der Waals surface area contributed by atoms with Crippen molar-refractivity contribution in [2.45, 2.75) is 39.5 Å². The molecular formula is C23H24F2N2O4S. The van der Waals surface area contributed by atoms with Gasteiger partial charge >= 0.3 is 12.6 Å². The van der Waals surface area contributed by atoms with Crippen molar-refractivity contribution in [2.75, 3.05) is 12.0 Å². The van der Waals surface area contributed by atoms with Crippen molar-refractivity contribution in [2.24, 2.45) is 0 Å². The second-order valence-corrected chi connectivity index (χ2v) is 8.79. The van der Waals surface area contributed by atoms with Crippen LogP contribution in [0.5, 0.6) is 11.5 Å². The highest BCUT2D eigenvalue weighted by Gasteiger charge is 2.20. The molecule has 0 bridgehead atoms. The minimum absolute atomic E-state index is 0.0634. The average molecular weight is 463 g/mol. The van der Waals surface area contributed by atoms with Crippen LogP contribution in [0.4, 0.5) is 20.2 Å². The lowest BCUT2D eigenvalue weighted by atomic mass is 10.1. The van der Waals surface area contributed by atoms with E-state index in [1.54, 1.807) is 62.8 Å². The first-order valence-electron chi connectivity index (χ1n) is 9.77. The molecule has 170 valence electrons. The fraction of sp³-hybridized carbons (Fsp3) is 0.304. The van der Waals surface area contributed by atoms with Crippen LogP contribution in [0, 0.1) is 0 Å². The summed E-state index contributed by atoms with van der Waals surface area (Å²) in [5, 5.41) is 0. The quantitative estimate of drug-likeness (QED) is 0.380. The van der Waals surface area contributed by atoms with Gasteiger partial charge < -0.3 is 19.1 Å². The van der Waals surface area contributed by atoms with Gasteiger partial charge in [0.2, 0.25) is 0 Å². The zero-order valence-corrected chi connectivity index (χ0v) is 19.0. The summed E-state index contributed by atoms with van der Waals surface area (Å²) in [6.07, 6.45) is 1.75. The molecule has 9 heteroatoms. The predicted octanol–water partition coefficient (Wildman–Crippen LogP) is 6.05. The Labute approximate surface area is 189 Å². The number of hydrogen-bond acceptors (Lipinski definition) is 7. The number of alkyl halides is 2. The van der Waals surface area contributed by atoms with Gasteiger partial charge in [-0.05, 0) is 51.1 Å². The maximum atomic E-state index is 12.7. The molecule has 0 spiro atoms. The van der Waals surface area contributed by atoms with Gasteiger partial charge in [0.1, 0.15) is 5.60 Å². The molecule has 3 aromatic rings. The van der Waals surface area contributed by atoms with Crippen LogP contribution < -0.4 is 14.4 Å². The van der Waals surface area contributed by atoms with Crippen molar-refractivity contribution in [3.8, 4) is 11.5 Å². The number of hydrogen-bond donors (Lipinski definition) is 0. The van der Waals surface area contributed by atoms with Crippen molar-refractivity contribution in [1.29, 1.82) is 0 Å². The smallest absolute Gasteiger partial charge is 0.387 e. The standard InChI is InChI=1S/C23H24F2N2O4S/c1-23(2,3)31-21(28)15-6-5-7-16(10-15)27(13-18-12-26-14-32-18)17-8-9-19(30-22(24)25)20(11-17)29-4/h5-12,14,22H,13H2,1-4H3. The predicted molar refractivity (Wildman–Crippen MR) is 119 cm³/mol. The number of aromatic nitrogens is 1. The highest BCUT2D eigenvalue weighted by molar-refractivity contribution is 7.09. The third kappa shape index (κ3) is 6.16. The number of ether oxygens (including phenoxy) is 3. The molecule has 0 saturated carbocycles. The van der Waals surface area contributed by atoms with E-state index in [2.05, 4.69) is 9.72 Å². The fourth-order valence-electron chi connectivity index (χ4n) is 2.96. The van der Waals surface area contributed by atoms with E-state index in [9.17, 15) is 13.6 Å². The number of esters is 1. The lowest BCUT2D eigenvalue weighted by molar-refractivity contribution is -0.0512. The number of benzene rings is 2. The monoisotopic (exact) mass is 462 g/mol. The van der Waals surface area contributed by atoms with Crippen LogP contribution in [0.15, 0.2) is 54.2 Å². The molecular weight excluding hydrogens is 438 g/mol. The van der Waals surface area contributed by atoms with Gasteiger partial charge in [0.25, 0.3) is 0 Å². The molecule has 0 saturated heterocycles. The van der Waals surface area contributed by atoms with Crippen LogP contribution in [0.2, 0.25) is 0 Å². The van der Waals surface area contributed by atoms with Crippen molar-refractivity contribution >= 4 is 28.7 Å². The van der Waals surface area contributed by atoms with Crippen LogP contribution in [0.3, 0.4) is 0 Å². The number of thiazole rings is 1. The summed E-state index contributed by atoms with van der Waals surface area (Å²) in [4.78, 5) is 19.6. The molecule has 0 amide bonds. The van der Waals surface area contributed by atoms with E-state index in [0.717, 1.165) is 4.88 Å². The molecule has 1 heterocycles. The van der Waals surface area contributed by atoms with Gasteiger partial charge in [0.15, 0.2) is 11.5 Å². The molecule has 0 atom stereocenters. The maximum absolute atomic E-state index is 12.7. The van der Waals surface area contributed by atoms with Crippen LogP contribution in [-0.4, -0.2) is 30.3 Å². The first-order valence-corrected chi connectivity index (χ1v) is 10.7. The second kappa shape index (κ2) is 9.95. The molecule has 0 N–H and O–H groups in total. The van der Waals surface area contributed by atoms with Crippen molar-refractivity contribution < 1.29 is 27.8 Å². The van der Waals surface area contributed by atoms with Crippen LogP contribution >= 0.6 is 11.3 Å². The van der Waals surface area contributed by atoms with Gasteiger partial charge in [-0.1, -0.05) is 6.07 Å². The van der Waals surface area contributed by atoms with E-state index in [1.165, 1.54) is 24.5 Å². The lowest BCUT2D eigenvalue weighted by Gasteiger charge is -2.26. The summed E-state index contributed by atoms with van der Waals surface area (Å²) in [7, 11) is 1.38. The number of carbonyl (C=O) groups is 1. The first kappa shape index (κ1) is 23.5. The van der Waals surface area contributed by atoms with Gasteiger partial charge in [0.05, 0.1) is 24.7 Å². The largest absolute Gasteiger partial charge is 0.493 e. The molecule has 6 nitrogen and oxygen atoms in total. The van der Waals surface area contributed by atoms with Gasteiger partial charge in [-0.2, -0.15) is 8.78 Å². The van der Waals surface area contributed by atoms with E-state index < -0.39 is 18.2 Å². The Morgan fingerprint density at radius 3 is 2.50 bits per heavy atom. The number of anilines is 2. The summed E-state index contributed by atoms with van der Waals surface area (Å²) in [6, 6.07) is 11.7. The number of nitrogens with zero attached hydrogens (tertiary/aromatic N) is 2. The van der Waals surface area contributed by atoms with Gasteiger partial charge in [0, 0.05) is 28.5 Å². The van der Waals surface area contributed by atoms with E-state index in [4.69, 9.17) is 9.47 Å². The first-order chi connectivity index (χ1) is 15.2. The van der Waals surface area contributed by atoms with Gasteiger partial charge in [-0.3, -0.25) is 4.98 Å². The van der Waals surface area contributed by atoms with Crippen molar-refractivity contribution in [3.63, 3.8) is 0 Å². The third-order valence-corrected chi connectivity index (χ3v) is 5.03. The molecule has 1 aromatic heterocycles. The SMILES string of the molecule is COc1cc(N(Cc2cncs2)c2cccc(C(=O)OC(C)(C)C)c2)ccc1OC(F)F. The number of methoxy groups -OCH3 is 1. The van der Waals surface area contributed by atoms with E-state index in [1.807, 2.05) is 11.0 Å². The van der Waals surface area contributed by atoms with E-state index in [0.29, 0.717) is 23.5 Å². The Kier molecular flexibility index (Phi) is 7.29. The molecule has 0 aliphatic rings. The normalized spacial score (nSPS) is 11.3. The molecule has 0 fully saturated rings. The summed E-state index contributed by atoms with van der Waals surface area (Å²) >= 11 is 1.48. The highest BCUT2D eigenvalue weighted by atomic mass is 32.1. The van der Waals surface area contributed by atoms with Crippen LogP contribution in [0.1, 0.15) is 36.0 Å². The Bertz CT molecular complexity index is 1050. The Morgan fingerprint density at radius 1 is 1.12 bits per heavy atom. The summed E-state index contributed by atoms with van der Waals surface area (Å²) < 4.78 is 40.7. The fourth-order valence-corrected chi connectivity index (χ4v) is 3.55. The van der Waals surface area contributed by atoms with Crippen LogP contribution in [0.25, 0.3) is 0 Å². The van der Waals surface area contributed by atoms with Crippen molar-refractivity contribution in [3.05, 3.63) is 64.6 Å². The number of carbonyl (C=O) groups excluding carboxylic acids is 1. The second-order valence-electron chi connectivity index (χ2n) is 7.82. The van der Waals surface area contributed by atoms with E-state index >= 15 is 0 Å². The molecule has 0 radical (unpaired) electrons. The maximum Gasteiger partial charge on any atom is 0.387 e. The summed E-state index contributed by atoms with van der Waals surface area (Å²) in [5.74, 6) is -0.331. The average Bonchev–Trinajstić information content (AvgIpc) is 3.24. The topological polar surface area (TPSA) is 60.9 Å². The minimum Gasteiger partial charge on any atom is -0.493 e. The molecule has 0 unspecified atom stereocenters. The summed E-state index contributed by atoms with van der Waals surface area (Å²) in [6.45, 7) is 2.90. The third-order valence-electron chi connectivity index (χ3n) is 4.26. The molecule has 0 aliphatic carbocycles. The highest BCUT2D eigenvalue weighted by Crippen LogP contribution is 2.37. The van der Waals surface area contributed by atoms with Crippen molar-refractivity contribution in [1.82, 2.24) is 4.98 Å². The zero-order chi connectivity index (χ0) is 23.3. The lowest BCUT2D eigenvalue weighted by Crippen LogP contribution is -2.24. The minimum atomic E-state index is -2.96. The zero-order valence-electron chi connectivity index (χ0n) is 18.2. The molecule has 2 aromatic carbocycles. The Morgan fingerprint density at radius 2 is 1.88 bits per heavy atom. The van der Waals surface area contributed by atoms with Gasteiger partial charge in [-0.15, -0.1) is 11.3 Å². The van der Waals surface area contributed by atoms with Crippen LogP contribution in [-0.2, 0) is 11.3 Å².